The fourth-order valence-electron chi connectivity index (χ4n) is 3.95. The Labute approximate surface area is 154 Å². The summed E-state index contributed by atoms with van der Waals surface area (Å²) < 4.78 is 0. The number of rotatable bonds is 4. The van der Waals surface area contributed by atoms with E-state index in [0.29, 0.717) is 0 Å². The number of hydrogen-bond acceptors (Lipinski definition) is 4. The number of pyridine rings is 1. The average Bonchev–Trinajstić information content (AvgIpc) is 2.70. The van der Waals surface area contributed by atoms with E-state index in [4.69, 9.17) is 0 Å². The van der Waals surface area contributed by atoms with Crippen molar-refractivity contribution in [3.05, 3.63) is 59.4 Å². The Kier molecular flexibility index (Phi) is 5.16. The van der Waals surface area contributed by atoms with Crippen LogP contribution < -0.4 is 10.6 Å². The zero-order chi connectivity index (χ0) is 17.8. The van der Waals surface area contributed by atoms with Gasteiger partial charge in [-0.25, -0.2) is 0 Å². The highest BCUT2D eigenvalue weighted by atomic mass is 16.1. The normalized spacial score (nSPS) is 18.0. The second-order valence-corrected chi connectivity index (χ2v) is 7.26. The number of aromatic nitrogens is 1. The van der Waals surface area contributed by atoms with Gasteiger partial charge in [-0.15, -0.1) is 0 Å². The monoisotopic (exact) mass is 350 g/mol. The Balaban J connectivity index is 1.33. The third-order valence-electron chi connectivity index (χ3n) is 5.37. The van der Waals surface area contributed by atoms with Crippen molar-refractivity contribution < 1.29 is 4.79 Å². The molecule has 26 heavy (non-hydrogen) atoms. The van der Waals surface area contributed by atoms with Gasteiger partial charge in [-0.3, -0.25) is 14.7 Å². The third kappa shape index (κ3) is 3.88. The van der Waals surface area contributed by atoms with Crippen LogP contribution in [0.15, 0.2) is 42.7 Å². The maximum absolute atomic E-state index is 12.8. The maximum atomic E-state index is 12.8. The predicted octanol–water partition coefficient (Wildman–Crippen LogP) is 2.83. The number of amides is 1. The van der Waals surface area contributed by atoms with Crippen molar-refractivity contribution in [2.24, 2.45) is 0 Å². The van der Waals surface area contributed by atoms with Crippen LogP contribution in [0.5, 0.6) is 0 Å². The summed E-state index contributed by atoms with van der Waals surface area (Å²) in [6, 6.07) is 10.4. The van der Waals surface area contributed by atoms with Crippen molar-refractivity contribution in [3.8, 4) is 0 Å². The quantitative estimate of drug-likeness (QED) is 0.890. The predicted molar refractivity (Wildman–Crippen MR) is 103 cm³/mol. The van der Waals surface area contributed by atoms with E-state index >= 15 is 0 Å². The van der Waals surface area contributed by atoms with Gasteiger partial charge in [0.05, 0.1) is 11.3 Å². The lowest BCUT2D eigenvalue weighted by Crippen LogP contribution is -2.44. The minimum atomic E-state index is 0.0574. The number of hydrogen-bond donors (Lipinski definition) is 2. The molecule has 0 radical (unpaired) electrons. The van der Waals surface area contributed by atoms with Gasteiger partial charge in [0.15, 0.2) is 0 Å². The number of para-hydroxylation sites is 1. The van der Waals surface area contributed by atoms with Crippen LogP contribution in [-0.4, -0.2) is 41.5 Å². The largest absolute Gasteiger partial charge is 0.384 e. The van der Waals surface area contributed by atoms with E-state index in [9.17, 15) is 4.79 Å². The summed E-state index contributed by atoms with van der Waals surface area (Å²) in [5.41, 5.74) is 4.33. The van der Waals surface area contributed by atoms with Gasteiger partial charge < -0.3 is 10.6 Å². The first-order valence-corrected chi connectivity index (χ1v) is 9.57. The molecule has 1 amide bonds. The highest BCUT2D eigenvalue weighted by Crippen LogP contribution is 2.26. The number of nitrogens with zero attached hydrogens (tertiary/aromatic N) is 2. The van der Waals surface area contributed by atoms with Crippen molar-refractivity contribution in [2.75, 3.05) is 25.0 Å². The van der Waals surface area contributed by atoms with E-state index in [1.54, 1.807) is 0 Å². The molecule has 2 aliphatic rings. The molecule has 0 aliphatic carbocycles. The highest BCUT2D eigenvalue weighted by molar-refractivity contribution is 6.00. The molecule has 0 bridgehead atoms. The smallest absolute Gasteiger partial charge is 0.253 e. The molecular formula is C21H26N4O. The van der Waals surface area contributed by atoms with Crippen LogP contribution in [-0.2, 0) is 13.0 Å². The molecule has 1 aromatic carbocycles. The van der Waals surface area contributed by atoms with Gasteiger partial charge in [0, 0.05) is 44.6 Å². The first-order valence-electron chi connectivity index (χ1n) is 9.57. The molecule has 5 nitrogen and oxygen atoms in total. The number of piperidine rings is 1. The minimum Gasteiger partial charge on any atom is -0.384 e. The zero-order valence-corrected chi connectivity index (χ0v) is 15.1. The fourth-order valence-corrected chi connectivity index (χ4v) is 3.95. The molecule has 0 atom stereocenters. The first-order chi connectivity index (χ1) is 12.8. The molecule has 1 fully saturated rings. The van der Waals surface area contributed by atoms with Gasteiger partial charge in [0.1, 0.15) is 0 Å². The van der Waals surface area contributed by atoms with Gasteiger partial charge in [-0.05, 0) is 48.9 Å². The Hall–Kier alpha value is -2.40. The molecule has 4 rings (SSSR count). The molecule has 0 saturated carbocycles. The molecular weight excluding hydrogens is 324 g/mol. The van der Waals surface area contributed by atoms with Gasteiger partial charge >= 0.3 is 0 Å². The molecule has 0 spiro atoms. The SMILES string of the molecule is O=C(NC1CCN(Cc2cccnc2)CC1)c1cccc2c1NCCC2. The minimum absolute atomic E-state index is 0.0574. The van der Waals surface area contributed by atoms with Crippen LogP contribution in [0.1, 0.15) is 40.7 Å². The summed E-state index contributed by atoms with van der Waals surface area (Å²) >= 11 is 0. The first kappa shape index (κ1) is 17.0. The zero-order valence-electron chi connectivity index (χ0n) is 15.1. The number of nitrogens with one attached hydrogen (secondary N) is 2. The number of aryl methyl sites for hydroxylation is 1. The van der Waals surface area contributed by atoms with Gasteiger partial charge in [-0.1, -0.05) is 18.2 Å². The van der Waals surface area contributed by atoms with Crippen LogP contribution in [0.4, 0.5) is 5.69 Å². The van der Waals surface area contributed by atoms with Gasteiger partial charge in [0.25, 0.3) is 5.91 Å². The second-order valence-electron chi connectivity index (χ2n) is 7.26. The maximum Gasteiger partial charge on any atom is 0.253 e. The van der Waals surface area contributed by atoms with E-state index in [1.807, 2.05) is 30.6 Å². The topological polar surface area (TPSA) is 57.3 Å². The van der Waals surface area contributed by atoms with E-state index < -0.39 is 0 Å². The standard InChI is InChI=1S/C21H26N4O/c26-21(19-7-1-5-17-6-3-11-23-20(17)19)24-18-8-12-25(13-9-18)15-16-4-2-10-22-14-16/h1-2,4-5,7,10,14,18,23H,3,6,8-9,11-13,15H2,(H,24,26). The van der Waals surface area contributed by atoms with Crippen molar-refractivity contribution >= 4 is 11.6 Å². The fraction of sp³-hybridized carbons (Fsp3) is 0.429. The van der Waals surface area contributed by atoms with Crippen molar-refractivity contribution in [3.63, 3.8) is 0 Å². The lowest BCUT2D eigenvalue weighted by atomic mass is 9.98. The summed E-state index contributed by atoms with van der Waals surface area (Å²) in [5, 5.41) is 6.66. The Morgan fingerprint density at radius 2 is 2.12 bits per heavy atom. The van der Waals surface area contributed by atoms with Gasteiger partial charge in [-0.2, -0.15) is 0 Å². The Bertz CT molecular complexity index is 754. The highest BCUT2D eigenvalue weighted by Gasteiger charge is 2.23. The van der Waals surface area contributed by atoms with Crippen LogP contribution >= 0.6 is 0 Å². The summed E-state index contributed by atoms with van der Waals surface area (Å²) in [4.78, 5) is 19.4. The number of fused-ring (bicyclic) bond motifs is 1. The molecule has 5 heteroatoms. The van der Waals surface area contributed by atoms with Crippen molar-refractivity contribution in [1.82, 2.24) is 15.2 Å². The molecule has 1 aromatic heterocycles. The lowest BCUT2D eigenvalue weighted by Gasteiger charge is -2.32. The molecule has 0 unspecified atom stereocenters. The molecule has 136 valence electrons. The molecule has 2 N–H and O–H groups in total. The Morgan fingerprint density at radius 1 is 1.23 bits per heavy atom. The van der Waals surface area contributed by atoms with Crippen molar-refractivity contribution in [2.45, 2.75) is 38.3 Å². The van der Waals surface area contributed by atoms with Crippen molar-refractivity contribution in [1.29, 1.82) is 0 Å². The average molecular weight is 350 g/mol. The van der Waals surface area contributed by atoms with E-state index in [-0.39, 0.29) is 11.9 Å². The summed E-state index contributed by atoms with van der Waals surface area (Å²) in [5.74, 6) is 0.0574. The van der Waals surface area contributed by atoms with Gasteiger partial charge in [0.2, 0.25) is 0 Å². The van der Waals surface area contributed by atoms with E-state index in [2.05, 4.69) is 32.7 Å². The van der Waals surface area contributed by atoms with E-state index in [0.717, 1.165) is 63.1 Å². The summed E-state index contributed by atoms with van der Waals surface area (Å²) in [6.07, 6.45) is 7.91. The molecule has 2 aromatic rings. The van der Waals surface area contributed by atoms with Crippen LogP contribution in [0.25, 0.3) is 0 Å². The molecule has 1 saturated heterocycles. The summed E-state index contributed by atoms with van der Waals surface area (Å²) in [6.45, 7) is 3.89. The molecule has 2 aliphatic heterocycles. The molecule has 3 heterocycles. The van der Waals surface area contributed by atoms with E-state index in [1.165, 1.54) is 11.1 Å². The number of benzene rings is 1. The second kappa shape index (κ2) is 7.87. The summed E-state index contributed by atoms with van der Waals surface area (Å²) in [7, 11) is 0. The third-order valence-corrected chi connectivity index (χ3v) is 5.37. The van der Waals surface area contributed by atoms with Crippen LogP contribution in [0, 0.1) is 0 Å². The number of carbonyl (C=O) groups is 1. The number of likely N-dealkylation sites (tertiary alicyclic amines) is 1. The number of carbonyl (C=O) groups excluding carboxylic acids is 1. The van der Waals surface area contributed by atoms with Crippen LogP contribution in [0.2, 0.25) is 0 Å². The number of anilines is 1. The van der Waals surface area contributed by atoms with Crippen LogP contribution in [0.3, 0.4) is 0 Å². The lowest BCUT2D eigenvalue weighted by molar-refractivity contribution is 0.0909. The Morgan fingerprint density at radius 3 is 2.92 bits per heavy atom.